The number of aliphatic imine (C=N–C) groups is 1. The SMILES string of the molecule is COc1ccc(/C=C2/N=C(c3ccc(C)cc3)N(c3ccc(Br)cc3)C2=O)cc1OC. The first kappa shape index (κ1) is 20.9. The van der Waals surface area contributed by atoms with E-state index in [1.165, 1.54) is 0 Å². The maximum Gasteiger partial charge on any atom is 0.282 e. The van der Waals surface area contributed by atoms with Crippen molar-refractivity contribution in [3.63, 3.8) is 0 Å². The van der Waals surface area contributed by atoms with Crippen LogP contribution in [0.1, 0.15) is 16.7 Å². The molecule has 1 aliphatic rings. The molecule has 3 aromatic rings. The molecule has 1 aliphatic heterocycles. The molecule has 0 spiro atoms. The summed E-state index contributed by atoms with van der Waals surface area (Å²) >= 11 is 3.45. The second-order valence-electron chi connectivity index (χ2n) is 7.06. The third-order valence-electron chi connectivity index (χ3n) is 4.97. The number of nitrogens with zero attached hydrogens (tertiary/aromatic N) is 2. The van der Waals surface area contributed by atoms with Crippen LogP contribution < -0.4 is 14.4 Å². The maximum atomic E-state index is 13.4. The third kappa shape index (κ3) is 4.25. The van der Waals surface area contributed by atoms with Crippen LogP contribution in [0.25, 0.3) is 6.08 Å². The van der Waals surface area contributed by atoms with E-state index in [9.17, 15) is 4.79 Å². The monoisotopic (exact) mass is 476 g/mol. The molecule has 0 saturated heterocycles. The number of amides is 1. The second kappa shape index (κ2) is 8.78. The number of anilines is 1. The molecule has 4 rings (SSSR count). The van der Waals surface area contributed by atoms with Crippen LogP contribution in [0.2, 0.25) is 0 Å². The quantitative estimate of drug-likeness (QED) is 0.449. The summed E-state index contributed by atoms with van der Waals surface area (Å²) in [6, 6.07) is 21.1. The Morgan fingerprint density at radius 1 is 0.903 bits per heavy atom. The Morgan fingerprint density at radius 2 is 1.58 bits per heavy atom. The van der Waals surface area contributed by atoms with Crippen LogP contribution in [0.5, 0.6) is 11.5 Å². The standard InChI is InChI=1S/C25H21BrN2O3/c1-16-4-7-18(8-5-16)24-27-21(14-17-6-13-22(30-2)23(15-17)31-3)25(29)28(24)20-11-9-19(26)10-12-20/h4-15H,1-3H3/b21-14+. The van der Waals surface area contributed by atoms with Gasteiger partial charge in [-0.05, 0) is 55.0 Å². The summed E-state index contributed by atoms with van der Waals surface area (Å²) in [6.07, 6.45) is 1.76. The van der Waals surface area contributed by atoms with Gasteiger partial charge < -0.3 is 9.47 Å². The topological polar surface area (TPSA) is 51.1 Å². The summed E-state index contributed by atoms with van der Waals surface area (Å²) in [5.74, 6) is 1.63. The van der Waals surface area contributed by atoms with Crippen molar-refractivity contribution in [2.75, 3.05) is 19.1 Å². The second-order valence-corrected chi connectivity index (χ2v) is 7.98. The molecule has 1 amide bonds. The fraction of sp³-hybridized carbons (Fsp3) is 0.120. The van der Waals surface area contributed by atoms with Crippen molar-refractivity contribution in [3.8, 4) is 11.5 Å². The van der Waals surface area contributed by atoms with E-state index >= 15 is 0 Å². The molecule has 1 heterocycles. The minimum atomic E-state index is -0.187. The fourth-order valence-electron chi connectivity index (χ4n) is 3.34. The Balaban J connectivity index is 1.80. The number of benzene rings is 3. The molecular formula is C25H21BrN2O3. The minimum absolute atomic E-state index is 0.187. The number of hydrogen-bond acceptors (Lipinski definition) is 4. The Labute approximate surface area is 189 Å². The number of methoxy groups -OCH3 is 2. The molecule has 0 fully saturated rings. The average molecular weight is 477 g/mol. The van der Waals surface area contributed by atoms with Crippen molar-refractivity contribution in [3.05, 3.63) is 93.6 Å². The molecule has 0 bridgehead atoms. The van der Waals surface area contributed by atoms with Crippen molar-refractivity contribution in [2.24, 2.45) is 4.99 Å². The van der Waals surface area contributed by atoms with E-state index in [4.69, 9.17) is 14.5 Å². The lowest BCUT2D eigenvalue weighted by Crippen LogP contribution is -2.32. The summed E-state index contributed by atoms with van der Waals surface area (Å²) in [7, 11) is 3.17. The summed E-state index contributed by atoms with van der Waals surface area (Å²) in [5, 5.41) is 0. The highest BCUT2D eigenvalue weighted by Crippen LogP contribution is 2.31. The van der Waals surface area contributed by atoms with Gasteiger partial charge in [0.05, 0.1) is 19.9 Å². The predicted octanol–water partition coefficient (Wildman–Crippen LogP) is 5.61. The van der Waals surface area contributed by atoms with Crippen LogP contribution in [-0.2, 0) is 4.79 Å². The summed E-state index contributed by atoms with van der Waals surface area (Å²) in [6.45, 7) is 2.03. The molecule has 0 aliphatic carbocycles. The summed E-state index contributed by atoms with van der Waals surface area (Å²) in [4.78, 5) is 19.8. The van der Waals surface area contributed by atoms with E-state index < -0.39 is 0 Å². The zero-order valence-electron chi connectivity index (χ0n) is 17.4. The smallest absolute Gasteiger partial charge is 0.282 e. The molecule has 0 N–H and O–H groups in total. The first-order valence-corrected chi connectivity index (χ1v) is 10.5. The number of hydrogen-bond donors (Lipinski definition) is 0. The Morgan fingerprint density at radius 3 is 2.23 bits per heavy atom. The molecule has 0 saturated carbocycles. The van der Waals surface area contributed by atoms with E-state index in [1.54, 1.807) is 25.2 Å². The van der Waals surface area contributed by atoms with E-state index in [1.807, 2.05) is 73.7 Å². The van der Waals surface area contributed by atoms with Crippen LogP contribution in [-0.4, -0.2) is 26.0 Å². The highest BCUT2D eigenvalue weighted by atomic mass is 79.9. The lowest BCUT2D eigenvalue weighted by molar-refractivity contribution is -0.113. The lowest BCUT2D eigenvalue weighted by atomic mass is 10.1. The zero-order chi connectivity index (χ0) is 22.0. The van der Waals surface area contributed by atoms with Gasteiger partial charge in [0.1, 0.15) is 11.5 Å². The van der Waals surface area contributed by atoms with Crippen LogP contribution in [0, 0.1) is 6.92 Å². The molecule has 0 aromatic heterocycles. The van der Waals surface area contributed by atoms with Crippen molar-refractivity contribution in [1.82, 2.24) is 0 Å². The van der Waals surface area contributed by atoms with E-state index in [2.05, 4.69) is 15.9 Å². The van der Waals surface area contributed by atoms with E-state index in [0.29, 0.717) is 23.0 Å². The van der Waals surface area contributed by atoms with Crippen molar-refractivity contribution in [1.29, 1.82) is 0 Å². The van der Waals surface area contributed by atoms with Crippen LogP contribution in [0.3, 0.4) is 0 Å². The van der Waals surface area contributed by atoms with Gasteiger partial charge >= 0.3 is 0 Å². The molecular weight excluding hydrogens is 456 g/mol. The highest BCUT2D eigenvalue weighted by Gasteiger charge is 2.32. The highest BCUT2D eigenvalue weighted by molar-refractivity contribution is 9.10. The Kier molecular flexibility index (Phi) is 5.91. The average Bonchev–Trinajstić information content (AvgIpc) is 3.10. The largest absolute Gasteiger partial charge is 0.493 e. The molecule has 3 aromatic carbocycles. The van der Waals surface area contributed by atoms with Crippen molar-refractivity contribution >= 4 is 39.4 Å². The van der Waals surface area contributed by atoms with E-state index in [0.717, 1.165) is 26.9 Å². The number of rotatable bonds is 5. The lowest BCUT2D eigenvalue weighted by Gasteiger charge is -2.18. The Hall–Kier alpha value is -3.38. The number of carbonyl (C=O) groups excluding carboxylic acids is 1. The normalized spacial score (nSPS) is 14.7. The molecule has 6 heteroatoms. The number of halogens is 1. The van der Waals surface area contributed by atoms with Crippen molar-refractivity contribution in [2.45, 2.75) is 6.92 Å². The first-order valence-electron chi connectivity index (χ1n) is 9.69. The van der Waals surface area contributed by atoms with Gasteiger partial charge in [-0.1, -0.05) is 51.8 Å². The zero-order valence-corrected chi connectivity index (χ0v) is 19.0. The van der Waals surface area contributed by atoms with Crippen LogP contribution in [0.15, 0.2) is 81.9 Å². The molecule has 31 heavy (non-hydrogen) atoms. The molecule has 0 atom stereocenters. The summed E-state index contributed by atoms with van der Waals surface area (Å²) < 4.78 is 11.6. The third-order valence-corrected chi connectivity index (χ3v) is 5.49. The maximum absolute atomic E-state index is 13.4. The van der Waals surface area contributed by atoms with Gasteiger partial charge in [0.25, 0.3) is 5.91 Å². The van der Waals surface area contributed by atoms with Gasteiger partial charge in [0.15, 0.2) is 11.5 Å². The predicted molar refractivity (Wildman–Crippen MR) is 127 cm³/mol. The number of ether oxygens (including phenoxy) is 2. The van der Waals surface area contributed by atoms with Crippen LogP contribution >= 0.6 is 15.9 Å². The van der Waals surface area contributed by atoms with Gasteiger partial charge in [-0.25, -0.2) is 4.99 Å². The molecule has 5 nitrogen and oxygen atoms in total. The number of aryl methyl sites for hydroxylation is 1. The van der Waals surface area contributed by atoms with Gasteiger partial charge in [0.2, 0.25) is 0 Å². The van der Waals surface area contributed by atoms with Gasteiger partial charge in [-0.3, -0.25) is 9.69 Å². The molecule has 156 valence electrons. The summed E-state index contributed by atoms with van der Waals surface area (Å²) in [5.41, 5.74) is 3.92. The minimum Gasteiger partial charge on any atom is -0.493 e. The fourth-order valence-corrected chi connectivity index (χ4v) is 3.61. The van der Waals surface area contributed by atoms with Crippen molar-refractivity contribution < 1.29 is 14.3 Å². The molecule has 0 radical (unpaired) electrons. The van der Waals surface area contributed by atoms with Crippen LogP contribution in [0.4, 0.5) is 5.69 Å². The van der Waals surface area contributed by atoms with Gasteiger partial charge in [-0.2, -0.15) is 0 Å². The first-order chi connectivity index (χ1) is 15.0. The van der Waals surface area contributed by atoms with E-state index in [-0.39, 0.29) is 5.91 Å². The number of amidine groups is 1. The van der Waals surface area contributed by atoms with Gasteiger partial charge in [0, 0.05) is 10.0 Å². The van der Waals surface area contributed by atoms with Gasteiger partial charge in [-0.15, -0.1) is 0 Å². The Bertz CT molecular complexity index is 1180. The number of carbonyl (C=O) groups is 1. The molecule has 0 unspecified atom stereocenters.